The molecule has 0 spiro atoms. The molecule has 0 radical (unpaired) electrons. The van der Waals surface area contributed by atoms with Gasteiger partial charge in [0.15, 0.2) is 0 Å². The lowest BCUT2D eigenvalue weighted by atomic mass is 10.1. The van der Waals surface area contributed by atoms with Crippen LogP contribution >= 0.6 is 11.8 Å². The molecule has 1 unspecified atom stereocenters. The van der Waals surface area contributed by atoms with Gasteiger partial charge in [-0.2, -0.15) is 0 Å². The molecule has 0 saturated heterocycles. The van der Waals surface area contributed by atoms with Crippen LogP contribution in [0.1, 0.15) is 31.4 Å². The van der Waals surface area contributed by atoms with Crippen LogP contribution in [-0.4, -0.2) is 17.8 Å². The van der Waals surface area contributed by atoms with Gasteiger partial charge in [0.25, 0.3) is 0 Å². The Morgan fingerprint density at radius 1 is 1.29 bits per heavy atom. The van der Waals surface area contributed by atoms with Crippen molar-refractivity contribution in [3.8, 4) is 0 Å². The Kier molecular flexibility index (Phi) is 7.93. The summed E-state index contributed by atoms with van der Waals surface area (Å²) >= 11 is 1.52. The Balaban J connectivity index is 2.37. The third-order valence-corrected chi connectivity index (χ3v) is 3.95. The Hall–Kier alpha value is -1.46. The predicted octanol–water partition coefficient (Wildman–Crippen LogP) is 2.14. The fourth-order valence-corrected chi connectivity index (χ4v) is 2.63. The molecule has 0 fully saturated rings. The van der Waals surface area contributed by atoms with Gasteiger partial charge in [-0.1, -0.05) is 24.3 Å². The molecule has 116 valence electrons. The molecule has 1 aromatic rings. The molecule has 5 N–H and O–H groups in total. The molecule has 0 bridgehead atoms. The molecule has 0 aliphatic heterocycles. The molecule has 1 amide bonds. The van der Waals surface area contributed by atoms with Crippen molar-refractivity contribution in [3.63, 3.8) is 0 Å². The predicted molar refractivity (Wildman–Crippen MR) is 90.7 cm³/mol. The monoisotopic (exact) mass is 307 g/mol. The van der Waals surface area contributed by atoms with E-state index in [0.29, 0.717) is 6.54 Å². The fourth-order valence-electron chi connectivity index (χ4n) is 1.90. The first-order valence-corrected chi connectivity index (χ1v) is 8.10. The molecule has 1 atom stereocenters. The molecule has 0 aliphatic carbocycles. The average molecular weight is 307 g/mol. The molecule has 0 aliphatic rings. The van der Waals surface area contributed by atoms with Crippen LogP contribution in [0.2, 0.25) is 0 Å². The van der Waals surface area contributed by atoms with Crippen LogP contribution < -0.4 is 16.8 Å². The van der Waals surface area contributed by atoms with Crippen molar-refractivity contribution >= 4 is 17.7 Å². The molecule has 0 aromatic heterocycles. The van der Waals surface area contributed by atoms with Crippen LogP contribution in [-0.2, 0) is 17.6 Å². The number of benzene rings is 1. The normalized spacial score (nSPS) is 13.0. The van der Waals surface area contributed by atoms with Crippen LogP contribution in [0.3, 0.4) is 0 Å². The first kappa shape index (κ1) is 17.6. The molecule has 0 saturated carbocycles. The highest BCUT2D eigenvalue weighted by atomic mass is 32.2. The maximum Gasteiger partial charge on any atom is 0.217 e. The summed E-state index contributed by atoms with van der Waals surface area (Å²) in [5.41, 5.74) is 14.9. The second kappa shape index (κ2) is 9.47. The minimum atomic E-state index is -0.0282. The second-order valence-electron chi connectivity index (χ2n) is 5.03. The van der Waals surface area contributed by atoms with Crippen LogP contribution in [0.4, 0.5) is 0 Å². The minimum absolute atomic E-state index is 0.0282. The summed E-state index contributed by atoms with van der Waals surface area (Å²) in [5, 5.41) is 4.76. The van der Waals surface area contributed by atoms with E-state index in [0.717, 1.165) is 25.0 Å². The Bertz CT molecular complexity index is 471. The van der Waals surface area contributed by atoms with Crippen LogP contribution in [0.15, 0.2) is 35.4 Å². The second-order valence-corrected chi connectivity index (χ2v) is 6.24. The summed E-state index contributed by atoms with van der Waals surface area (Å²) in [6.45, 7) is 4.13. The van der Waals surface area contributed by atoms with Gasteiger partial charge < -0.3 is 16.8 Å². The summed E-state index contributed by atoms with van der Waals surface area (Å²) in [7, 11) is 0. The first-order chi connectivity index (χ1) is 10.0. The van der Waals surface area contributed by atoms with Crippen molar-refractivity contribution < 1.29 is 4.79 Å². The van der Waals surface area contributed by atoms with E-state index in [1.807, 2.05) is 12.3 Å². The van der Waals surface area contributed by atoms with Crippen LogP contribution in [0, 0.1) is 0 Å². The van der Waals surface area contributed by atoms with E-state index in [1.54, 1.807) is 0 Å². The quantitative estimate of drug-likeness (QED) is 0.643. The van der Waals surface area contributed by atoms with Gasteiger partial charge in [0.2, 0.25) is 5.91 Å². The number of hydrogen-bond acceptors (Lipinski definition) is 4. The van der Waals surface area contributed by atoms with Gasteiger partial charge in [0.05, 0.1) is 5.37 Å². The third-order valence-electron chi connectivity index (χ3n) is 2.99. The SMILES string of the molecule is CC(=O)NC(C)S/C=C(\N)CCc1ccc(CCN)cc1. The molecule has 5 heteroatoms. The van der Waals surface area contributed by atoms with Crippen molar-refractivity contribution in [2.24, 2.45) is 11.5 Å². The fraction of sp³-hybridized carbons (Fsp3) is 0.438. The Morgan fingerprint density at radius 2 is 1.86 bits per heavy atom. The highest BCUT2D eigenvalue weighted by Gasteiger charge is 2.02. The number of hydrogen-bond donors (Lipinski definition) is 3. The van der Waals surface area contributed by atoms with E-state index in [1.165, 1.54) is 29.8 Å². The highest BCUT2D eigenvalue weighted by Crippen LogP contribution is 2.14. The summed E-state index contributed by atoms with van der Waals surface area (Å²) in [6.07, 6.45) is 2.65. The van der Waals surface area contributed by atoms with E-state index in [9.17, 15) is 4.79 Å². The van der Waals surface area contributed by atoms with Crippen LogP contribution in [0.25, 0.3) is 0 Å². The maximum absolute atomic E-state index is 10.9. The lowest BCUT2D eigenvalue weighted by Gasteiger charge is -2.10. The van der Waals surface area contributed by atoms with E-state index in [4.69, 9.17) is 11.5 Å². The van der Waals surface area contributed by atoms with Gasteiger partial charge >= 0.3 is 0 Å². The topological polar surface area (TPSA) is 81.1 Å². The summed E-state index contributed by atoms with van der Waals surface area (Å²) in [5.74, 6) is -0.0282. The number of carbonyl (C=O) groups is 1. The van der Waals surface area contributed by atoms with Crippen molar-refractivity contribution in [1.82, 2.24) is 5.32 Å². The van der Waals surface area contributed by atoms with Gasteiger partial charge in [0.1, 0.15) is 0 Å². The number of rotatable bonds is 8. The van der Waals surface area contributed by atoms with Crippen LogP contribution in [0.5, 0.6) is 0 Å². The zero-order valence-electron chi connectivity index (χ0n) is 12.8. The third kappa shape index (κ3) is 7.78. The van der Waals surface area contributed by atoms with Crippen molar-refractivity contribution in [2.45, 2.75) is 38.5 Å². The van der Waals surface area contributed by atoms with E-state index < -0.39 is 0 Å². The number of thioether (sulfide) groups is 1. The molecule has 21 heavy (non-hydrogen) atoms. The zero-order valence-corrected chi connectivity index (χ0v) is 13.6. The van der Waals surface area contributed by atoms with Crippen molar-refractivity contribution in [2.75, 3.05) is 6.54 Å². The molecule has 1 rings (SSSR count). The molecule has 0 heterocycles. The number of nitrogens with two attached hydrogens (primary N) is 2. The maximum atomic E-state index is 10.9. The number of aryl methyl sites for hydroxylation is 1. The van der Waals surface area contributed by atoms with Crippen molar-refractivity contribution in [1.29, 1.82) is 0 Å². The van der Waals surface area contributed by atoms with Crippen molar-refractivity contribution in [3.05, 3.63) is 46.5 Å². The summed E-state index contributed by atoms with van der Waals surface area (Å²) < 4.78 is 0. The van der Waals surface area contributed by atoms with E-state index in [-0.39, 0.29) is 11.3 Å². The largest absolute Gasteiger partial charge is 0.402 e. The molecular weight excluding hydrogens is 282 g/mol. The number of carbonyl (C=O) groups excluding carboxylic acids is 1. The van der Waals surface area contributed by atoms with Gasteiger partial charge in [-0.25, -0.2) is 0 Å². The molecule has 1 aromatic carbocycles. The molecular formula is C16H25N3OS. The van der Waals surface area contributed by atoms with Gasteiger partial charge in [-0.05, 0) is 49.3 Å². The van der Waals surface area contributed by atoms with E-state index in [2.05, 4.69) is 29.6 Å². The molecule has 4 nitrogen and oxygen atoms in total. The highest BCUT2D eigenvalue weighted by molar-refractivity contribution is 8.02. The zero-order chi connectivity index (χ0) is 15.7. The van der Waals surface area contributed by atoms with Gasteiger partial charge in [-0.3, -0.25) is 4.79 Å². The smallest absolute Gasteiger partial charge is 0.217 e. The number of nitrogens with one attached hydrogen (secondary N) is 1. The first-order valence-electron chi connectivity index (χ1n) is 7.16. The lowest BCUT2D eigenvalue weighted by Crippen LogP contribution is -2.27. The van der Waals surface area contributed by atoms with Gasteiger partial charge in [0, 0.05) is 12.6 Å². The Morgan fingerprint density at radius 3 is 2.38 bits per heavy atom. The summed E-state index contributed by atoms with van der Waals surface area (Å²) in [4.78, 5) is 10.9. The number of amides is 1. The number of allylic oxidation sites excluding steroid dienone is 1. The Labute approximate surface area is 131 Å². The lowest BCUT2D eigenvalue weighted by molar-refractivity contribution is -0.119. The minimum Gasteiger partial charge on any atom is -0.402 e. The standard InChI is InChI=1S/C16H25N3OS/c1-12(20)19-13(2)21-11-16(18)8-7-14-3-5-15(6-4-14)9-10-17/h3-6,11,13H,7-10,17-18H2,1-2H3,(H,19,20)/b16-11-. The van der Waals surface area contributed by atoms with Gasteiger partial charge in [-0.15, -0.1) is 11.8 Å². The summed E-state index contributed by atoms with van der Waals surface area (Å²) in [6, 6.07) is 8.50. The van der Waals surface area contributed by atoms with E-state index >= 15 is 0 Å². The average Bonchev–Trinajstić information content (AvgIpc) is 2.44.